The van der Waals surface area contributed by atoms with E-state index in [2.05, 4.69) is 33.8 Å². The number of hydrogen-bond donors (Lipinski definition) is 1. The second-order valence-corrected chi connectivity index (χ2v) is 6.52. The number of rotatable bonds is 4. The third-order valence-corrected chi connectivity index (χ3v) is 4.53. The molecule has 1 aromatic carbocycles. The van der Waals surface area contributed by atoms with Crippen molar-refractivity contribution >= 4 is 38.8 Å². The van der Waals surface area contributed by atoms with Gasteiger partial charge in [0.25, 0.3) is 0 Å². The Morgan fingerprint density at radius 1 is 1.15 bits per heavy atom. The minimum absolute atomic E-state index is 0.0993. The molecule has 0 radical (unpaired) electrons. The van der Waals surface area contributed by atoms with Crippen LogP contribution in [0, 0.1) is 0 Å². The van der Waals surface area contributed by atoms with Gasteiger partial charge in [0, 0.05) is 35.3 Å². The Labute approximate surface area is 149 Å². The highest BCUT2D eigenvalue weighted by Gasteiger charge is 2.18. The number of aromatic carboxylic acids is 1. The highest BCUT2D eigenvalue weighted by atomic mass is 16.5. The molecule has 0 spiro atoms. The number of benzene rings is 1. The summed E-state index contributed by atoms with van der Waals surface area (Å²) in [6, 6.07) is 3.77. The number of pyridine rings is 1. The molecule has 0 aliphatic carbocycles. The molecule has 0 atom stereocenters. The number of carbonyl (C=O) groups excluding carboxylic acids is 1. The fraction of sp³-hybridized carbons (Fsp3) is 0.263. The number of aromatic nitrogens is 4. The number of methoxy groups -OCH3 is 1. The van der Waals surface area contributed by atoms with Crippen molar-refractivity contribution in [2.45, 2.75) is 26.4 Å². The molecule has 7 heteroatoms. The molecular formula is C19H17N4O3-. The van der Waals surface area contributed by atoms with E-state index in [0.717, 1.165) is 27.6 Å². The van der Waals surface area contributed by atoms with Crippen LogP contribution in [-0.2, 0) is 11.3 Å². The molecule has 4 rings (SSSR count). The number of nitrogens with one attached hydrogen (secondary N) is 1. The summed E-state index contributed by atoms with van der Waals surface area (Å²) in [7, 11) is 1.51. The van der Waals surface area contributed by atoms with Gasteiger partial charge in [0.1, 0.15) is 0 Å². The Balaban J connectivity index is 2.21. The van der Waals surface area contributed by atoms with E-state index in [9.17, 15) is 9.90 Å². The predicted molar refractivity (Wildman–Crippen MR) is 95.8 cm³/mol. The van der Waals surface area contributed by atoms with Gasteiger partial charge in [-0.3, -0.25) is 9.97 Å². The standard InChI is InChI=1S/C19H18N4O3/c1-9(2)13-6-20-12-5-4-11-16(18(12)23-13)15-10(8-26-3)17(19(24)25)21-7-14(15)22-11/h4-7,9,23H,8H2,1-3H3,(H,24,25)/p-1. The lowest BCUT2D eigenvalue weighted by molar-refractivity contribution is -0.255. The summed E-state index contributed by atoms with van der Waals surface area (Å²) in [6.45, 7) is 4.26. The molecular weight excluding hydrogens is 332 g/mol. The lowest BCUT2D eigenvalue weighted by atomic mass is 10.0. The fourth-order valence-corrected chi connectivity index (χ4v) is 3.27. The molecule has 4 aromatic rings. The highest BCUT2D eigenvalue weighted by Crippen LogP contribution is 2.34. The molecule has 0 fully saturated rings. The molecule has 0 aliphatic rings. The summed E-state index contributed by atoms with van der Waals surface area (Å²) in [5, 5.41) is 13.1. The average molecular weight is 349 g/mol. The van der Waals surface area contributed by atoms with Crippen molar-refractivity contribution in [3.63, 3.8) is 0 Å². The number of H-pyrrole nitrogens is 1. The molecule has 1 N–H and O–H groups in total. The lowest BCUT2D eigenvalue weighted by Crippen LogP contribution is -2.25. The van der Waals surface area contributed by atoms with E-state index in [1.807, 2.05) is 18.3 Å². The Hall–Kier alpha value is -3.06. The zero-order chi connectivity index (χ0) is 18.4. The molecule has 0 amide bonds. The summed E-state index contributed by atoms with van der Waals surface area (Å²) in [5.41, 5.74) is 4.30. The zero-order valence-electron chi connectivity index (χ0n) is 14.7. The van der Waals surface area contributed by atoms with Crippen molar-refractivity contribution in [3.8, 4) is 0 Å². The van der Waals surface area contributed by atoms with Crippen LogP contribution < -0.4 is 5.11 Å². The number of carbonyl (C=O) groups is 1. The van der Waals surface area contributed by atoms with Gasteiger partial charge in [0.05, 0.1) is 46.5 Å². The first kappa shape index (κ1) is 16.4. The number of nitrogens with zero attached hydrogens (tertiary/aromatic N) is 3. The highest BCUT2D eigenvalue weighted by molar-refractivity contribution is 6.20. The maximum Gasteiger partial charge on any atom is 0.0919 e. The van der Waals surface area contributed by atoms with Crippen LogP contribution in [0.15, 0.2) is 24.5 Å². The third-order valence-electron chi connectivity index (χ3n) is 4.53. The van der Waals surface area contributed by atoms with Crippen LogP contribution >= 0.6 is 0 Å². The van der Waals surface area contributed by atoms with E-state index in [1.165, 1.54) is 13.3 Å². The fourth-order valence-electron chi connectivity index (χ4n) is 3.27. The van der Waals surface area contributed by atoms with Crippen LogP contribution in [0.1, 0.15) is 41.5 Å². The Morgan fingerprint density at radius 2 is 1.92 bits per heavy atom. The van der Waals surface area contributed by atoms with Gasteiger partial charge in [-0.15, -0.1) is 0 Å². The summed E-state index contributed by atoms with van der Waals surface area (Å²) in [6.07, 6.45) is 3.28. The summed E-state index contributed by atoms with van der Waals surface area (Å²) in [5.74, 6) is -1.06. The average Bonchev–Trinajstić information content (AvgIpc) is 3.00. The molecule has 3 aromatic heterocycles. The minimum atomic E-state index is -1.33. The smallest absolute Gasteiger partial charge is 0.0919 e. The first-order valence-corrected chi connectivity index (χ1v) is 8.30. The zero-order valence-corrected chi connectivity index (χ0v) is 14.7. The van der Waals surface area contributed by atoms with Gasteiger partial charge >= 0.3 is 0 Å². The summed E-state index contributed by atoms with van der Waals surface area (Å²) in [4.78, 5) is 28.1. The first-order valence-electron chi connectivity index (χ1n) is 8.30. The number of carboxylic acid groups (broad SMARTS) is 1. The van der Waals surface area contributed by atoms with Crippen LogP contribution in [0.2, 0.25) is 0 Å². The molecule has 0 unspecified atom stereocenters. The minimum Gasteiger partial charge on any atom is -0.543 e. The maximum absolute atomic E-state index is 11.5. The number of fused-ring (bicyclic) bond motifs is 5. The second kappa shape index (κ2) is 6.03. The molecule has 3 heterocycles. The maximum atomic E-state index is 11.5. The van der Waals surface area contributed by atoms with E-state index in [1.54, 1.807) is 0 Å². The van der Waals surface area contributed by atoms with E-state index < -0.39 is 5.97 Å². The van der Waals surface area contributed by atoms with Crippen LogP contribution in [0.3, 0.4) is 0 Å². The van der Waals surface area contributed by atoms with Gasteiger partial charge in [-0.1, -0.05) is 13.8 Å². The SMILES string of the molecule is COCc1c(C(=O)[O-])ncc2nc3ccc4ncc(C(C)C)[nH]c4c3c12. The van der Waals surface area contributed by atoms with Gasteiger partial charge in [-0.25, -0.2) is 4.98 Å². The topological polar surface area (TPSA) is 104 Å². The van der Waals surface area contributed by atoms with Gasteiger partial charge in [0.15, 0.2) is 0 Å². The quantitative estimate of drug-likeness (QED) is 0.606. The summed E-state index contributed by atoms with van der Waals surface area (Å²) < 4.78 is 5.23. The van der Waals surface area contributed by atoms with E-state index in [4.69, 9.17) is 4.74 Å². The van der Waals surface area contributed by atoms with Crippen molar-refractivity contribution < 1.29 is 14.6 Å². The normalized spacial score (nSPS) is 11.8. The summed E-state index contributed by atoms with van der Waals surface area (Å²) >= 11 is 0. The van der Waals surface area contributed by atoms with Gasteiger partial charge in [0.2, 0.25) is 0 Å². The van der Waals surface area contributed by atoms with Gasteiger partial charge in [-0.05, 0) is 18.1 Å². The predicted octanol–water partition coefficient (Wildman–Crippen LogP) is 2.29. The van der Waals surface area contributed by atoms with Gasteiger partial charge in [-0.2, -0.15) is 0 Å². The third kappa shape index (κ3) is 2.40. The Kier molecular flexibility index (Phi) is 3.81. The van der Waals surface area contributed by atoms with Crippen LogP contribution in [0.4, 0.5) is 0 Å². The first-order chi connectivity index (χ1) is 12.5. The van der Waals surface area contributed by atoms with Crippen LogP contribution in [-0.4, -0.2) is 33.0 Å². The molecule has 0 saturated carbocycles. The van der Waals surface area contributed by atoms with Crippen molar-refractivity contribution in [1.82, 2.24) is 19.9 Å². The van der Waals surface area contributed by atoms with Crippen molar-refractivity contribution in [3.05, 3.63) is 41.5 Å². The number of hydrogen-bond acceptors (Lipinski definition) is 6. The largest absolute Gasteiger partial charge is 0.543 e. The van der Waals surface area contributed by atoms with Crippen molar-refractivity contribution in [2.24, 2.45) is 0 Å². The molecule has 0 saturated heterocycles. The molecule has 26 heavy (non-hydrogen) atoms. The molecule has 0 aliphatic heterocycles. The lowest BCUT2D eigenvalue weighted by Gasteiger charge is -2.11. The van der Waals surface area contributed by atoms with Crippen molar-refractivity contribution in [2.75, 3.05) is 7.11 Å². The van der Waals surface area contributed by atoms with Gasteiger partial charge < -0.3 is 19.6 Å². The molecule has 0 bridgehead atoms. The van der Waals surface area contributed by atoms with Crippen LogP contribution in [0.5, 0.6) is 0 Å². The molecule has 132 valence electrons. The van der Waals surface area contributed by atoms with E-state index in [0.29, 0.717) is 16.5 Å². The Bertz CT molecular complexity index is 1160. The van der Waals surface area contributed by atoms with E-state index >= 15 is 0 Å². The number of ether oxygens (including phenoxy) is 1. The second-order valence-electron chi connectivity index (χ2n) is 6.52. The van der Waals surface area contributed by atoms with Crippen molar-refractivity contribution in [1.29, 1.82) is 0 Å². The Morgan fingerprint density at radius 3 is 2.62 bits per heavy atom. The van der Waals surface area contributed by atoms with E-state index in [-0.39, 0.29) is 18.2 Å². The number of aromatic amines is 1. The monoisotopic (exact) mass is 349 g/mol. The molecule has 7 nitrogen and oxygen atoms in total. The number of carboxylic acids is 1. The van der Waals surface area contributed by atoms with Crippen LogP contribution in [0.25, 0.3) is 32.8 Å².